The Labute approximate surface area is 93.0 Å². The zero-order valence-corrected chi connectivity index (χ0v) is 10.3. The second-order valence-corrected chi connectivity index (χ2v) is 5.17. The van der Waals surface area contributed by atoms with Gasteiger partial charge in [0, 0.05) is 12.5 Å². The Hall–Kier alpha value is -0.570. The minimum absolute atomic E-state index is 0.158. The van der Waals surface area contributed by atoms with Crippen molar-refractivity contribution in [1.82, 2.24) is 10.6 Å². The minimum atomic E-state index is 0.158. The lowest BCUT2D eigenvalue weighted by Crippen LogP contribution is -2.50. The largest absolute Gasteiger partial charge is 0.356 e. The summed E-state index contributed by atoms with van der Waals surface area (Å²) in [6.45, 7) is 11.4. The molecule has 1 rings (SSSR count). The number of carbonyl (C=O) groups is 1. The Balaban J connectivity index is 2.22. The molecule has 0 aliphatic carbocycles. The number of hydrogen-bond acceptors (Lipinski definition) is 2. The summed E-state index contributed by atoms with van der Waals surface area (Å²) in [5.74, 6) is 2.10. The third kappa shape index (κ3) is 3.49. The van der Waals surface area contributed by atoms with Gasteiger partial charge in [-0.25, -0.2) is 0 Å². The first-order valence-corrected chi connectivity index (χ1v) is 6.00. The molecule has 88 valence electrons. The van der Waals surface area contributed by atoms with Gasteiger partial charge < -0.3 is 10.6 Å². The minimum Gasteiger partial charge on any atom is -0.356 e. The Morgan fingerprint density at radius 2 is 1.93 bits per heavy atom. The average Bonchev–Trinajstić information content (AvgIpc) is 2.10. The highest BCUT2D eigenvalue weighted by Gasteiger charge is 2.28. The monoisotopic (exact) mass is 212 g/mol. The maximum atomic E-state index is 11.8. The van der Waals surface area contributed by atoms with E-state index in [1.165, 1.54) is 0 Å². The van der Waals surface area contributed by atoms with Crippen LogP contribution in [0.4, 0.5) is 0 Å². The van der Waals surface area contributed by atoms with Crippen LogP contribution in [0.1, 0.15) is 27.7 Å². The van der Waals surface area contributed by atoms with Crippen molar-refractivity contribution in [1.29, 1.82) is 0 Å². The van der Waals surface area contributed by atoms with E-state index in [2.05, 4.69) is 31.4 Å². The molecular weight excluding hydrogens is 188 g/mol. The van der Waals surface area contributed by atoms with Gasteiger partial charge in [-0.3, -0.25) is 4.79 Å². The molecule has 1 aliphatic heterocycles. The van der Waals surface area contributed by atoms with Gasteiger partial charge in [0.05, 0.1) is 0 Å². The molecule has 1 aliphatic rings. The van der Waals surface area contributed by atoms with Crippen LogP contribution in [0.25, 0.3) is 0 Å². The first-order chi connectivity index (χ1) is 7.02. The van der Waals surface area contributed by atoms with Crippen LogP contribution >= 0.6 is 0 Å². The highest BCUT2D eigenvalue weighted by atomic mass is 16.1. The number of hydrogen-bond donors (Lipinski definition) is 2. The predicted molar refractivity (Wildman–Crippen MR) is 62.5 cm³/mol. The van der Waals surface area contributed by atoms with E-state index in [-0.39, 0.29) is 11.8 Å². The molecule has 1 amide bonds. The van der Waals surface area contributed by atoms with E-state index in [1.54, 1.807) is 0 Å². The lowest BCUT2D eigenvalue weighted by atomic mass is 9.88. The summed E-state index contributed by atoms with van der Waals surface area (Å²) in [5.41, 5.74) is 0. The number of rotatable bonds is 5. The zero-order chi connectivity index (χ0) is 11.4. The van der Waals surface area contributed by atoms with E-state index in [4.69, 9.17) is 0 Å². The van der Waals surface area contributed by atoms with Crippen LogP contribution < -0.4 is 10.6 Å². The van der Waals surface area contributed by atoms with Crippen molar-refractivity contribution < 1.29 is 4.79 Å². The van der Waals surface area contributed by atoms with E-state index < -0.39 is 0 Å². The second kappa shape index (κ2) is 5.50. The average molecular weight is 212 g/mol. The summed E-state index contributed by atoms with van der Waals surface area (Å²) in [6, 6.07) is 0. The fourth-order valence-electron chi connectivity index (χ4n) is 1.54. The fraction of sp³-hybridized carbons (Fsp3) is 0.917. The summed E-state index contributed by atoms with van der Waals surface area (Å²) in [6.07, 6.45) is 0. The molecule has 0 aromatic rings. The summed E-state index contributed by atoms with van der Waals surface area (Å²) >= 11 is 0. The van der Waals surface area contributed by atoms with E-state index >= 15 is 0 Å². The Morgan fingerprint density at radius 3 is 2.33 bits per heavy atom. The first kappa shape index (κ1) is 12.5. The van der Waals surface area contributed by atoms with Crippen molar-refractivity contribution in [2.45, 2.75) is 27.7 Å². The second-order valence-electron chi connectivity index (χ2n) is 5.17. The summed E-state index contributed by atoms with van der Waals surface area (Å²) < 4.78 is 0. The molecule has 2 N–H and O–H groups in total. The van der Waals surface area contributed by atoms with Crippen LogP contribution in [-0.2, 0) is 4.79 Å². The van der Waals surface area contributed by atoms with Crippen molar-refractivity contribution in [3.05, 3.63) is 0 Å². The highest BCUT2D eigenvalue weighted by molar-refractivity contribution is 5.78. The van der Waals surface area contributed by atoms with Crippen LogP contribution in [0.2, 0.25) is 0 Å². The third-order valence-corrected chi connectivity index (χ3v) is 3.67. The van der Waals surface area contributed by atoms with E-state index in [0.717, 1.165) is 19.6 Å². The molecule has 0 saturated carbocycles. The quantitative estimate of drug-likeness (QED) is 0.720. The number of nitrogens with one attached hydrogen (secondary N) is 2. The molecule has 3 heteroatoms. The van der Waals surface area contributed by atoms with Gasteiger partial charge >= 0.3 is 0 Å². The van der Waals surface area contributed by atoms with Crippen molar-refractivity contribution in [3.8, 4) is 0 Å². The Morgan fingerprint density at radius 1 is 1.33 bits per heavy atom. The van der Waals surface area contributed by atoms with Crippen LogP contribution in [0.15, 0.2) is 0 Å². The molecule has 0 spiro atoms. The van der Waals surface area contributed by atoms with Crippen LogP contribution in [0.5, 0.6) is 0 Å². The molecule has 3 nitrogen and oxygen atoms in total. The van der Waals surface area contributed by atoms with Gasteiger partial charge in [0.25, 0.3) is 0 Å². The predicted octanol–water partition coefficient (Wildman–Crippen LogP) is 1.25. The molecular formula is C12H24N2O. The standard InChI is InChI=1S/C12H24N2O/c1-8(2)9(3)5-14-12(15)10(4)11-6-13-7-11/h8-11,13H,5-7H2,1-4H3,(H,14,15). The molecule has 2 atom stereocenters. The SMILES string of the molecule is CC(C)C(C)CNC(=O)C(C)C1CNC1. The topological polar surface area (TPSA) is 41.1 Å². The maximum absolute atomic E-state index is 11.8. The van der Waals surface area contributed by atoms with Gasteiger partial charge in [-0.2, -0.15) is 0 Å². The van der Waals surface area contributed by atoms with Gasteiger partial charge in [-0.15, -0.1) is 0 Å². The fourth-order valence-corrected chi connectivity index (χ4v) is 1.54. The highest BCUT2D eigenvalue weighted by Crippen LogP contribution is 2.16. The normalized spacial score (nSPS) is 20.9. The van der Waals surface area contributed by atoms with Gasteiger partial charge in [-0.05, 0) is 30.8 Å². The van der Waals surface area contributed by atoms with Crippen LogP contribution in [0, 0.1) is 23.7 Å². The number of amides is 1. The molecule has 15 heavy (non-hydrogen) atoms. The molecule has 1 saturated heterocycles. The number of carbonyl (C=O) groups excluding carboxylic acids is 1. The van der Waals surface area contributed by atoms with Crippen molar-refractivity contribution in [2.24, 2.45) is 23.7 Å². The smallest absolute Gasteiger partial charge is 0.223 e. The van der Waals surface area contributed by atoms with Crippen LogP contribution in [0.3, 0.4) is 0 Å². The lowest BCUT2D eigenvalue weighted by Gasteiger charge is -2.32. The Kier molecular flexibility index (Phi) is 4.58. The van der Waals surface area contributed by atoms with E-state index in [1.807, 2.05) is 6.92 Å². The summed E-state index contributed by atoms with van der Waals surface area (Å²) in [7, 11) is 0. The van der Waals surface area contributed by atoms with Crippen LogP contribution in [-0.4, -0.2) is 25.5 Å². The lowest BCUT2D eigenvalue weighted by molar-refractivity contribution is -0.126. The Bertz CT molecular complexity index is 212. The van der Waals surface area contributed by atoms with E-state index in [0.29, 0.717) is 17.8 Å². The van der Waals surface area contributed by atoms with Gasteiger partial charge in [0.2, 0.25) is 5.91 Å². The molecule has 0 aromatic heterocycles. The van der Waals surface area contributed by atoms with Crippen molar-refractivity contribution >= 4 is 5.91 Å². The molecule has 0 radical (unpaired) electrons. The molecule has 0 aromatic carbocycles. The molecule has 0 bridgehead atoms. The molecule has 1 heterocycles. The summed E-state index contributed by atoms with van der Waals surface area (Å²) in [4.78, 5) is 11.8. The van der Waals surface area contributed by atoms with Gasteiger partial charge in [0.15, 0.2) is 0 Å². The first-order valence-electron chi connectivity index (χ1n) is 6.00. The van der Waals surface area contributed by atoms with E-state index in [9.17, 15) is 4.79 Å². The zero-order valence-electron chi connectivity index (χ0n) is 10.3. The van der Waals surface area contributed by atoms with Crippen molar-refractivity contribution in [2.75, 3.05) is 19.6 Å². The third-order valence-electron chi connectivity index (χ3n) is 3.67. The molecule has 1 fully saturated rings. The van der Waals surface area contributed by atoms with Gasteiger partial charge in [-0.1, -0.05) is 27.7 Å². The van der Waals surface area contributed by atoms with Gasteiger partial charge in [0.1, 0.15) is 0 Å². The summed E-state index contributed by atoms with van der Waals surface area (Å²) in [5, 5.41) is 6.25. The maximum Gasteiger partial charge on any atom is 0.223 e. The molecule has 2 unspecified atom stereocenters. The van der Waals surface area contributed by atoms with Crippen molar-refractivity contribution in [3.63, 3.8) is 0 Å².